The number of benzene rings is 1. The third-order valence-corrected chi connectivity index (χ3v) is 8.48. The minimum atomic E-state index is -4.19. The van der Waals surface area contributed by atoms with Crippen molar-refractivity contribution in [3.8, 4) is 5.88 Å². The van der Waals surface area contributed by atoms with Gasteiger partial charge in [0.1, 0.15) is 12.8 Å². The van der Waals surface area contributed by atoms with Crippen LogP contribution in [-0.2, 0) is 42.3 Å². The van der Waals surface area contributed by atoms with Gasteiger partial charge in [0, 0.05) is 18.8 Å². The molecule has 6 rings (SSSR count). The highest BCUT2D eigenvalue weighted by atomic mass is 32.2. The van der Waals surface area contributed by atoms with E-state index in [-0.39, 0.29) is 23.4 Å². The summed E-state index contributed by atoms with van der Waals surface area (Å²) in [6.45, 7) is 1.36. The molecule has 2 N–H and O–H groups in total. The van der Waals surface area contributed by atoms with Crippen LogP contribution in [0.4, 0.5) is 14.9 Å². The van der Waals surface area contributed by atoms with Crippen LogP contribution < -0.4 is 14.8 Å². The van der Waals surface area contributed by atoms with Gasteiger partial charge in [0.25, 0.3) is 10.0 Å². The van der Waals surface area contributed by atoms with Crippen molar-refractivity contribution in [3.63, 3.8) is 0 Å². The number of ether oxygens (including phenoxy) is 1. The number of alkyl halides is 1. The lowest BCUT2D eigenvalue weighted by atomic mass is 9.99. The van der Waals surface area contributed by atoms with Crippen molar-refractivity contribution in [3.05, 3.63) is 34.5 Å². The molecule has 33 heavy (non-hydrogen) atoms. The molecule has 11 heteroatoms. The van der Waals surface area contributed by atoms with Crippen LogP contribution in [0.2, 0.25) is 0 Å². The summed E-state index contributed by atoms with van der Waals surface area (Å²) < 4.78 is 48.4. The lowest BCUT2D eigenvalue weighted by molar-refractivity contribution is -0.0114. The molecule has 2 aliphatic carbocycles. The number of carbonyl (C=O) groups excluding carboxylic acids is 1. The highest BCUT2D eigenvalue weighted by molar-refractivity contribution is 7.90. The summed E-state index contributed by atoms with van der Waals surface area (Å²) in [5.74, 6) is 0.102. The molecular formula is C22H26FN5O4S. The zero-order valence-electron chi connectivity index (χ0n) is 18.1. The average Bonchev–Trinajstić information content (AvgIpc) is 3.49. The van der Waals surface area contributed by atoms with E-state index in [1.165, 1.54) is 22.0 Å². The smallest absolute Gasteiger partial charge is 0.333 e. The van der Waals surface area contributed by atoms with Gasteiger partial charge in [-0.25, -0.2) is 27.0 Å². The van der Waals surface area contributed by atoms with Gasteiger partial charge in [-0.05, 0) is 60.8 Å². The Labute approximate surface area is 191 Å². The number of likely N-dealkylation sites (tertiary alicyclic amines) is 1. The highest BCUT2D eigenvalue weighted by Gasteiger charge is 2.38. The van der Waals surface area contributed by atoms with Crippen molar-refractivity contribution < 1.29 is 22.3 Å². The molecule has 2 amide bonds. The fourth-order valence-corrected chi connectivity index (χ4v) is 6.49. The molecule has 0 bridgehead atoms. The first kappa shape index (κ1) is 20.9. The summed E-state index contributed by atoms with van der Waals surface area (Å²) in [6.07, 6.45) is 6.19. The monoisotopic (exact) mass is 475 g/mol. The number of hydrogen-bond acceptors (Lipinski definition) is 6. The van der Waals surface area contributed by atoms with Crippen molar-refractivity contribution in [1.29, 1.82) is 0 Å². The third kappa shape index (κ3) is 3.57. The van der Waals surface area contributed by atoms with Gasteiger partial charge >= 0.3 is 6.03 Å². The normalized spacial score (nSPS) is 22.2. The van der Waals surface area contributed by atoms with Crippen molar-refractivity contribution in [1.82, 2.24) is 19.4 Å². The molecule has 3 heterocycles. The number of fused-ring (bicyclic) bond motifs is 3. The first-order valence-electron chi connectivity index (χ1n) is 11.5. The minimum Gasteiger partial charge on any atom is -0.475 e. The number of carbonyl (C=O) groups is 1. The number of rotatable bonds is 4. The minimum absolute atomic E-state index is 0.0570. The van der Waals surface area contributed by atoms with E-state index in [2.05, 4.69) is 21.2 Å². The van der Waals surface area contributed by atoms with Crippen LogP contribution in [0.3, 0.4) is 0 Å². The van der Waals surface area contributed by atoms with E-state index in [1.807, 2.05) is 4.90 Å². The zero-order valence-corrected chi connectivity index (χ0v) is 19.0. The molecule has 2 aliphatic heterocycles. The molecule has 1 aromatic heterocycles. The average molecular weight is 476 g/mol. The second-order valence-corrected chi connectivity index (χ2v) is 11.0. The van der Waals surface area contributed by atoms with Crippen LogP contribution in [-0.4, -0.2) is 61.0 Å². The molecule has 176 valence electrons. The molecule has 4 aliphatic rings. The fraction of sp³-hybridized carbons (Fsp3) is 0.545. The Hall–Kier alpha value is -2.66. The molecular weight excluding hydrogens is 449 g/mol. The van der Waals surface area contributed by atoms with Crippen LogP contribution >= 0.6 is 0 Å². The molecule has 1 fully saturated rings. The van der Waals surface area contributed by atoms with Crippen LogP contribution in [0.25, 0.3) is 0 Å². The van der Waals surface area contributed by atoms with Crippen molar-refractivity contribution in [2.45, 2.75) is 62.2 Å². The van der Waals surface area contributed by atoms with Gasteiger partial charge in [-0.3, -0.25) is 4.90 Å². The van der Waals surface area contributed by atoms with E-state index in [1.54, 1.807) is 0 Å². The van der Waals surface area contributed by atoms with Gasteiger partial charge < -0.3 is 10.1 Å². The summed E-state index contributed by atoms with van der Waals surface area (Å²) in [4.78, 5) is 14.6. The molecule has 1 aromatic carbocycles. The Balaban J connectivity index is 1.19. The standard InChI is InChI=1S/C22H26FN5O4S/c23-15-9-27(10-15)16-11-28-21(32-12-16)19(8-24-28)33(30,31)26-22(29)25-20-17-5-1-3-13(17)7-14-4-2-6-18(14)20/h7-8,15-16H,1-6,9-12H2,(H2,25,26,29). The Bertz CT molecular complexity index is 1210. The molecule has 0 radical (unpaired) electrons. The summed E-state index contributed by atoms with van der Waals surface area (Å²) in [5.41, 5.74) is 5.54. The van der Waals surface area contributed by atoms with Gasteiger partial charge in [-0.15, -0.1) is 0 Å². The highest BCUT2D eigenvalue weighted by Crippen LogP contribution is 2.38. The maximum Gasteiger partial charge on any atom is 0.333 e. The number of anilines is 1. The maximum absolute atomic E-state index is 13.2. The third-order valence-electron chi connectivity index (χ3n) is 7.17. The second-order valence-electron chi connectivity index (χ2n) is 9.31. The molecule has 0 spiro atoms. The summed E-state index contributed by atoms with van der Waals surface area (Å²) >= 11 is 0. The molecule has 1 atom stereocenters. The molecule has 9 nitrogen and oxygen atoms in total. The predicted molar refractivity (Wildman–Crippen MR) is 118 cm³/mol. The number of hydrogen-bond donors (Lipinski definition) is 2. The number of amides is 2. The molecule has 2 aromatic rings. The zero-order chi connectivity index (χ0) is 22.7. The number of nitrogens with zero attached hydrogens (tertiary/aromatic N) is 3. The summed E-state index contributed by atoms with van der Waals surface area (Å²) in [5, 5.41) is 6.98. The van der Waals surface area contributed by atoms with E-state index in [0.717, 1.165) is 55.3 Å². The van der Waals surface area contributed by atoms with Gasteiger partial charge in [0.15, 0.2) is 4.90 Å². The lowest BCUT2D eigenvalue weighted by Gasteiger charge is -2.41. The SMILES string of the molecule is O=C(Nc1c2c(cc3c1CCC3)CCC2)NS(=O)(=O)c1cnn2c1OCC(N1CC(F)C1)C2. The fourth-order valence-electron chi connectivity index (χ4n) is 5.50. The number of nitrogens with one attached hydrogen (secondary N) is 2. The van der Waals surface area contributed by atoms with Crippen molar-refractivity contribution >= 4 is 21.7 Å². The van der Waals surface area contributed by atoms with Gasteiger partial charge in [-0.2, -0.15) is 5.10 Å². The molecule has 0 saturated carbocycles. The Morgan fingerprint density at radius 2 is 1.79 bits per heavy atom. The van der Waals surface area contributed by atoms with Gasteiger partial charge in [-0.1, -0.05) is 6.07 Å². The Morgan fingerprint density at radius 1 is 1.09 bits per heavy atom. The number of aryl methyl sites for hydroxylation is 2. The largest absolute Gasteiger partial charge is 0.475 e. The summed E-state index contributed by atoms with van der Waals surface area (Å²) in [6, 6.07) is 1.41. The van der Waals surface area contributed by atoms with Crippen molar-refractivity contribution in [2.75, 3.05) is 25.0 Å². The van der Waals surface area contributed by atoms with Gasteiger partial charge in [0.2, 0.25) is 5.88 Å². The lowest BCUT2D eigenvalue weighted by Crippen LogP contribution is -2.57. The van der Waals surface area contributed by atoms with E-state index in [9.17, 15) is 17.6 Å². The van der Waals surface area contributed by atoms with Gasteiger partial charge in [0.05, 0.1) is 18.8 Å². The topological polar surface area (TPSA) is 106 Å². The van der Waals surface area contributed by atoms with Crippen molar-refractivity contribution in [2.24, 2.45) is 0 Å². The molecule has 1 unspecified atom stereocenters. The summed E-state index contributed by atoms with van der Waals surface area (Å²) in [7, 11) is -4.19. The van der Waals surface area contributed by atoms with E-state index >= 15 is 0 Å². The Kier molecular flexibility index (Phi) is 4.88. The van der Waals surface area contributed by atoms with E-state index in [4.69, 9.17) is 4.74 Å². The van der Waals surface area contributed by atoms with E-state index in [0.29, 0.717) is 19.6 Å². The predicted octanol–water partition coefficient (Wildman–Crippen LogP) is 1.79. The number of urea groups is 1. The second kappa shape index (κ2) is 7.69. The quantitative estimate of drug-likeness (QED) is 0.699. The number of halogens is 1. The van der Waals surface area contributed by atoms with Crippen LogP contribution in [0.5, 0.6) is 5.88 Å². The Morgan fingerprint density at radius 3 is 2.45 bits per heavy atom. The first-order valence-corrected chi connectivity index (χ1v) is 12.9. The maximum atomic E-state index is 13.2. The molecule has 1 saturated heterocycles. The van der Waals surface area contributed by atoms with Crippen LogP contribution in [0.15, 0.2) is 17.2 Å². The van der Waals surface area contributed by atoms with E-state index < -0.39 is 22.2 Å². The van der Waals surface area contributed by atoms with Crippen LogP contribution in [0.1, 0.15) is 35.1 Å². The number of sulfonamides is 1. The number of aromatic nitrogens is 2. The first-order chi connectivity index (χ1) is 15.9. The van der Waals surface area contributed by atoms with Crippen LogP contribution in [0, 0.1) is 0 Å².